The van der Waals surface area contributed by atoms with Crippen molar-refractivity contribution in [2.75, 3.05) is 25.0 Å². The second-order valence-corrected chi connectivity index (χ2v) is 6.55. The molecule has 3 nitrogen and oxygen atoms in total. The summed E-state index contributed by atoms with van der Waals surface area (Å²) in [6.45, 7) is 6.51. The van der Waals surface area contributed by atoms with Crippen LogP contribution in [0.25, 0.3) is 5.57 Å². The van der Waals surface area contributed by atoms with Crippen molar-refractivity contribution in [1.29, 1.82) is 0 Å². The largest absolute Gasteiger partial charge is 0.372 e. The maximum atomic E-state index is 12.1. The summed E-state index contributed by atoms with van der Waals surface area (Å²) in [7, 11) is 1.65. The molecule has 1 fully saturated rings. The summed E-state index contributed by atoms with van der Waals surface area (Å²) in [6.07, 6.45) is 5.21. The average molecular weight is 336 g/mol. The molecule has 3 rings (SSSR count). The SMILES string of the molecule is C=C(c1ccc(N2CCCCCC2)cc1)c1ccccc1C(=O)NC.[HH]. The van der Waals surface area contributed by atoms with Crippen molar-refractivity contribution in [2.45, 2.75) is 25.7 Å². The predicted octanol–water partition coefficient (Wildman–Crippen LogP) is 4.73. The molecule has 1 N–H and O–H groups in total. The van der Waals surface area contributed by atoms with E-state index < -0.39 is 0 Å². The molecule has 2 aromatic carbocycles. The van der Waals surface area contributed by atoms with E-state index in [0.29, 0.717) is 5.56 Å². The van der Waals surface area contributed by atoms with Gasteiger partial charge in [0.1, 0.15) is 0 Å². The Morgan fingerprint density at radius 3 is 2.16 bits per heavy atom. The summed E-state index contributed by atoms with van der Waals surface area (Å²) in [6, 6.07) is 16.2. The van der Waals surface area contributed by atoms with Gasteiger partial charge in [-0.1, -0.05) is 49.8 Å². The average Bonchev–Trinajstić information content (AvgIpc) is 2.96. The fourth-order valence-corrected chi connectivity index (χ4v) is 3.44. The van der Waals surface area contributed by atoms with E-state index in [1.54, 1.807) is 7.05 Å². The number of anilines is 1. The van der Waals surface area contributed by atoms with E-state index in [-0.39, 0.29) is 7.33 Å². The molecule has 132 valence electrons. The van der Waals surface area contributed by atoms with Crippen molar-refractivity contribution in [1.82, 2.24) is 5.32 Å². The Morgan fingerprint density at radius 2 is 1.56 bits per heavy atom. The number of benzene rings is 2. The van der Waals surface area contributed by atoms with Gasteiger partial charge in [0.2, 0.25) is 0 Å². The second kappa shape index (κ2) is 8.02. The van der Waals surface area contributed by atoms with Crippen molar-refractivity contribution in [3.8, 4) is 0 Å². The lowest BCUT2D eigenvalue weighted by Gasteiger charge is -2.23. The summed E-state index contributed by atoms with van der Waals surface area (Å²) in [4.78, 5) is 14.6. The molecule has 0 radical (unpaired) electrons. The number of rotatable bonds is 4. The number of carbonyl (C=O) groups is 1. The minimum absolute atomic E-state index is 0. The van der Waals surface area contributed by atoms with E-state index in [4.69, 9.17) is 0 Å². The number of nitrogens with zero attached hydrogens (tertiary/aromatic N) is 1. The van der Waals surface area contributed by atoms with Gasteiger partial charge in [0, 0.05) is 32.8 Å². The first-order valence-corrected chi connectivity index (χ1v) is 9.06. The molecule has 0 bridgehead atoms. The predicted molar refractivity (Wildman–Crippen MR) is 107 cm³/mol. The van der Waals surface area contributed by atoms with Crippen molar-refractivity contribution in [3.05, 3.63) is 71.8 Å². The Labute approximate surface area is 151 Å². The minimum Gasteiger partial charge on any atom is -0.372 e. The van der Waals surface area contributed by atoms with E-state index in [2.05, 4.69) is 41.1 Å². The highest BCUT2D eigenvalue weighted by atomic mass is 16.1. The summed E-state index contributed by atoms with van der Waals surface area (Å²) in [5.41, 5.74) is 4.74. The van der Waals surface area contributed by atoms with Gasteiger partial charge < -0.3 is 10.2 Å². The van der Waals surface area contributed by atoms with Crippen LogP contribution in [0.5, 0.6) is 0 Å². The quantitative estimate of drug-likeness (QED) is 0.875. The Kier molecular flexibility index (Phi) is 5.54. The van der Waals surface area contributed by atoms with Gasteiger partial charge in [0.05, 0.1) is 0 Å². The Balaban J connectivity index is 0.00000243. The highest BCUT2D eigenvalue weighted by Crippen LogP contribution is 2.27. The molecule has 0 atom stereocenters. The molecule has 1 heterocycles. The molecule has 1 saturated heterocycles. The highest BCUT2D eigenvalue weighted by molar-refractivity contribution is 6.00. The maximum Gasteiger partial charge on any atom is 0.251 e. The standard InChI is InChI=1S/C22H26N2O.H2/c1-17(20-9-5-6-10-21(20)22(25)23-2)18-11-13-19(14-12-18)24-15-7-3-4-8-16-24;/h5-6,9-14H,1,3-4,7-8,15-16H2,2H3,(H,23,25);1H. The van der Waals surface area contributed by atoms with E-state index in [1.807, 2.05) is 24.3 Å². The number of nitrogens with one attached hydrogen (secondary N) is 1. The first kappa shape index (κ1) is 17.3. The van der Waals surface area contributed by atoms with E-state index in [9.17, 15) is 4.79 Å². The van der Waals surface area contributed by atoms with Gasteiger partial charge in [-0.2, -0.15) is 0 Å². The second-order valence-electron chi connectivity index (χ2n) is 6.55. The van der Waals surface area contributed by atoms with Crippen LogP contribution in [0, 0.1) is 0 Å². The molecule has 0 aromatic heterocycles. The number of hydrogen-bond acceptors (Lipinski definition) is 2. The first-order valence-electron chi connectivity index (χ1n) is 9.06. The molecule has 1 amide bonds. The lowest BCUT2D eigenvalue weighted by Crippen LogP contribution is -2.23. The van der Waals surface area contributed by atoms with Crippen molar-refractivity contribution < 1.29 is 6.22 Å². The summed E-state index contributed by atoms with van der Waals surface area (Å²) >= 11 is 0. The Hall–Kier alpha value is -2.55. The molecule has 1 aliphatic rings. The van der Waals surface area contributed by atoms with Crippen LogP contribution in [-0.4, -0.2) is 26.0 Å². The van der Waals surface area contributed by atoms with Gasteiger partial charge in [-0.15, -0.1) is 0 Å². The Morgan fingerprint density at radius 1 is 0.960 bits per heavy atom. The summed E-state index contributed by atoms with van der Waals surface area (Å²) < 4.78 is 0. The molecular weight excluding hydrogens is 308 g/mol. The van der Waals surface area contributed by atoms with Crippen LogP contribution in [0.2, 0.25) is 0 Å². The van der Waals surface area contributed by atoms with Gasteiger partial charge in [0.15, 0.2) is 0 Å². The number of carbonyl (C=O) groups excluding carboxylic acids is 1. The topological polar surface area (TPSA) is 32.3 Å². The van der Waals surface area contributed by atoms with Crippen LogP contribution < -0.4 is 10.2 Å². The minimum atomic E-state index is -0.0852. The number of hydrogen-bond donors (Lipinski definition) is 1. The fourth-order valence-electron chi connectivity index (χ4n) is 3.44. The molecule has 2 aromatic rings. The lowest BCUT2D eigenvalue weighted by atomic mass is 9.94. The summed E-state index contributed by atoms with van der Waals surface area (Å²) in [5, 5.41) is 2.70. The fraction of sp³-hybridized carbons (Fsp3) is 0.318. The maximum absolute atomic E-state index is 12.1. The first-order chi connectivity index (χ1) is 12.2. The lowest BCUT2D eigenvalue weighted by molar-refractivity contribution is 0.0963. The third-order valence-corrected chi connectivity index (χ3v) is 4.91. The van der Waals surface area contributed by atoms with Crippen LogP contribution in [0.3, 0.4) is 0 Å². The molecule has 3 heteroatoms. The van der Waals surface area contributed by atoms with Crippen LogP contribution in [0.4, 0.5) is 5.69 Å². The van der Waals surface area contributed by atoms with E-state index >= 15 is 0 Å². The third kappa shape index (κ3) is 3.93. The van der Waals surface area contributed by atoms with Crippen LogP contribution >= 0.6 is 0 Å². The smallest absolute Gasteiger partial charge is 0.251 e. The normalized spacial score (nSPS) is 14.7. The molecule has 0 aliphatic carbocycles. The molecule has 0 unspecified atom stereocenters. The molecule has 0 spiro atoms. The van der Waals surface area contributed by atoms with Crippen LogP contribution in [0.1, 0.15) is 48.6 Å². The van der Waals surface area contributed by atoms with E-state index in [1.165, 1.54) is 31.4 Å². The monoisotopic (exact) mass is 336 g/mol. The highest BCUT2D eigenvalue weighted by Gasteiger charge is 2.14. The van der Waals surface area contributed by atoms with Gasteiger partial charge in [-0.25, -0.2) is 0 Å². The van der Waals surface area contributed by atoms with Crippen LogP contribution in [0.15, 0.2) is 55.1 Å². The summed E-state index contributed by atoms with van der Waals surface area (Å²) in [5.74, 6) is -0.0852. The molecule has 1 aliphatic heterocycles. The molecule has 0 saturated carbocycles. The van der Waals surface area contributed by atoms with E-state index in [0.717, 1.165) is 29.8 Å². The Bertz CT molecular complexity index is 747. The van der Waals surface area contributed by atoms with Crippen molar-refractivity contribution >= 4 is 17.2 Å². The van der Waals surface area contributed by atoms with Crippen molar-refractivity contribution in [3.63, 3.8) is 0 Å². The zero-order valence-electron chi connectivity index (χ0n) is 14.9. The van der Waals surface area contributed by atoms with Gasteiger partial charge >= 0.3 is 0 Å². The van der Waals surface area contributed by atoms with Gasteiger partial charge in [-0.3, -0.25) is 4.79 Å². The zero-order valence-corrected chi connectivity index (χ0v) is 14.9. The third-order valence-electron chi connectivity index (χ3n) is 4.91. The van der Waals surface area contributed by atoms with Gasteiger partial charge in [0.25, 0.3) is 5.91 Å². The molecule has 25 heavy (non-hydrogen) atoms. The zero-order chi connectivity index (χ0) is 17.6. The van der Waals surface area contributed by atoms with Gasteiger partial charge in [-0.05, 0) is 47.7 Å². The number of amides is 1. The molecular formula is C22H28N2O. The van der Waals surface area contributed by atoms with Crippen LogP contribution in [-0.2, 0) is 0 Å². The van der Waals surface area contributed by atoms with Crippen molar-refractivity contribution in [2.24, 2.45) is 0 Å².